The monoisotopic (exact) mass is 390 g/mol. The summed E-state index contributed by atoms with van der Waals surface area (Å²) in [7, 11) is 1.65. The molecule has 1 amide bonds. The number of ketones is 1. The van der Waals surface area contributed by atoms with Gasteiger partial charge in [-0.05, 0) is 43.5 Å². The Morgan fingerprint density at radius 3 is 2.59 bits per heavy atom. The molecule has 150 valence electrons. The predicted octanol–water partition coefficient (Wildman–Crippen LogP) is 4.46. The van der Waals surface area contributed by atoms with E-state index >= 15 is 0 Å². The Morgan fingerprint density at radius 1 is 1.07 bits per heavy atom. The normalized spacial score (nSPS) is 17.2. The molecule has 3 aromatic rings. The third-order valence-corrected chi connectivity index (χ3v) is 5.86. The second kappa shape index (κ2) is 8.11. The van der Waals surface area contributed by atoms with Gasteiger partial charge in [0, 0.05) is 35.6 Å². The molecule has 0 spiro atoms. The smallest absolute Gasteiger partial charge is 0.295 e. The van der Waals surface area contributed by atoms with Crippen molar-refractivity contribution in [2.24, 2.45) is 0 Å². The standard InChI is InChI=1S/C24H26N2O3/c1-16-22(20-8-3-4-9-21(20)25-16)23(27)24(28)26-14-6-5-7-18(15-26)17-10-12-19(29-2)13-11-17/h3-4,8-13,18,25H,5-7,14-15H2,1-2H3. The third-order valence-electron chi connectivity index (χ3n) is 5.86. The summed E-state index contributed by atoms with van der Waals surface area (Å²) in [4.78, 5) is 31.3. The van der Waals surface area contributed by atoms with Crippen LogP contribution in [0.1, 0.15) is 46.8 Å². The van der Waals surface area contributed by atoms with Gasteiger partial charge in [0.2, 0.25) is 0 Å². The van der Waals surface area contributed by atoms with E-state index in [4.69, 9.17) is 4.74 Å². The first kappa shape index (κ1) is 19.2. The lowest BCUT2D eigenvalue weighted by Crippen LogP contribution is -2.39. The van der Waals surface area contributed by atoms with Crippen LogP contribution in [0.15, 0.2) is 48.5 Å². The molecule has 1 aromatic heterocycles. The number of carbonyl (C=O) groups excluding carboxylic acids is 2. The van der Waals surface area contributed by atoms with E-state index in [1.54, 1.807) is 12.0 Å². The Morgan fingerprint density at radius 2 is 1.83 bits per heavy atom. The van der Waals surface area contributed by atoms with Crippen molar-refractivity contribution in [2.75, 3.05) is 20.2 Å². The van der Waals surface area contributed by atoms with Crippen molar-refractivity contribution in [3.8, 4) is 5.75 Å². The first-order valence-corrected chi connectivity index (χ1v) is 10.1. The SMILES string of the molecule is COc1ccc(C2CCCCN(C(=O)C(=O)c3c(C)[nH]c4ccccc34)C2)cc1. The van der Waals surface area contributed by atoms with Gasteiger partial charge in [0.15, 0.2) is 0 Å². The summed E-state index contributed by atoms with van der Waals surface area (Å²) in [5.74, 6) is 0.220. The molecule has 0 radical (unpaired) electrons. The minimum atomic E-state index is -0.421. The Bertz CT molecular complexity index is 1040. The molecule has 1 aliphatic heterocycles. The highest BCUT2D eigenvalue weighted by molar-refractivity contribution is 6.45. The molecule has 0 aliphatic carbocycles. The number of aromatic amines is 1. The number of methoxy groups -OCH3 is 1. The Balaban J connectivity index is 1.58. The number of benzene rings is 2. The van der Waals surface area contributed by atoms with Crippen molar-refractivity contribution < 1.29 is 14.3 Å². The van der Waals surface area contributed by atoms with Gasteiger partial charge in [-0.15, -0.1) is 0 Å². The summed E-state index contributed by atoms with van der Waals surface area (Å²) in [5, 5.41) is 0.810. The van der Waals surface area contributed by atoms with Gasteiger partial charge in [0.1, 0.15) is 5.75 Å². The molecule has 1 unspecified atom stereocenters. The minimum Gasteiger partial charge on any atom is -0.497 e. The third kappa shape index (κ3) is 3.77. The number of hydrogen-bond acceptors (Lipinski definition) is 3. The van der Waals surface area contributed by atoms with Gasteiger partial charge < -0.3 is 14.6 Å². The molecule has 5 heteroatoms. The maximum atomic E-state index is 13.2. The van der Waals surface area contributed by atoms with E-state index < -0.39 is 11.7 Å². The van der Waals surface area contributed by atoms with E-state index in [1.165, 1.54) is 5.56 Å². The quantitative estimate of drug-likeness (QED) is 0.528. The van der Waals surface area contributed by atoms with Crippen molar-refractivity contribution in [3.05, 3.63) is 65.4 Å². The molecule has 0 saturated carbocycles. The number of carbonyl (C=O) groups is 2. The summed E-state index contributed by atoms with van der Waals surface area (Å²) < 4.78 is 5.25. The number of likely N-dealkylation sites (tertiary alicyclic amines) is 1. The largest absolute Gasteiger partial charge is 0.497 e. The number of hydrogen-bond donors (Lipinski definition) is 1. The number of Topliss-reactive ketones (excluding diaryl/α,β-unsaturated/α-hetero) is 1. The van der Waals surface area contributed by atoms with Gasteiger partial charge in [0.05, 0.1) is 12.7 Å². The number of aryl methyl sites for hydroxylation is 1. The number of nitrogens with one attached hydrogen (secondary N) is 1. The zero-order chi connectivity index (χ0) is 20.4. The highest BCUT2D eigenvalue weighted by Gasteiger charge is 2.30. The lowest BCUT2D eigenvalue weighted by molar-refractivity contribution is -0.126. The fourth-order valence-corrected chi connectivity index (χ4v) is 4.29. The van der Waals surface area contributed by atoms with Crippen molar-refractivity contribution >= 4 is 22.6 Å². The highest BCUT2D eigenvalue weighted by Crippen LogP contribution is 2.29. The number of nitrogens with zero attached hydrogens (tertiary/aromatic N) is 1. The summed E-state index contributed by atoms with van der Waals surface area (Å²) >= 11 is 0. The van der Waals surface area contributed by atoms with Crippen LogP contribution in [-0.2, 0) is 4.79 Å². The molecule has 1 atom stereocenters. The van der Waals surface area contributed by atoms with Crippen LogP contribution in [-0.4, -0.2) is 41.8 Å². The summed E-state index contributed by atoms with van der Waals surface area (Å²) in [6.45, 7) is 3.04. The van der Waals surface area contributed by atoms with E-state index in [1.807, 2.05) is 43.3 Å². The van der Waals surface area contributed by atoms with Crippen LogP contribution in [0.25, 0.3) is 10.9 Å². The predicted molar refractivity (Wildman–Crippen MR) is 114 cm³/mol. The van der Waals surface area contributed by atoms with Crippen LogP contribution >= 0.6 is 0 Å². The van der Waals surface area contributed by atoms with Gasteiger partial charge in [-0.2, -0.15) is 0 Å². The van der Waals surface area contributed by atoms with Gasteiger partial charge in [-0.25, -0.2) is 0 Å². The lowest BCUT2D eigenvalue weighted by atomic mass is 9.94. The summed E-state index contributed by atoms with van der Waals surface area (Å²) in [6.07, 6.45) is 2.97. The second-order valence-electron chi connectivity index (χ2n) is 7.72. The van der Waals surface area contributed by atoms with Gasteiger partial charge in [-0.1, -0.05) is 36.8 Å². The maximum absolute atomic E-state index is 13.2. The summed E-state index contributed by atoms with van der Waals surface area (Å²) in [6, 6.07) is 15.6. The van der Waals surface area contributed by atoms with Crippen molar-refractivity contribution in [1.29, 1.82) is 0 Å². The van der Waals surface area contributed by atoms with Crippen molar-refractivity contribution in [2.45, 2.75) is 32.1 Å². The molecule has 1 fully saturated rings. The van der Waals surface area contributed by atoms with Crippen molar-refractivity contribution in [3.63, 3.8) is 0 Å². The zero-order valence-electron chi connectivity index (χ0n) is 16.9. The second-order valence-corrected chi connectivity index (χ2v) is 7.72. The highest BCUT2D eigenvalue weighted by atomic mass is 16.5. The molecule has 2 heterocycles. The summed E-state index contributed by atoms with van der Waals surface area (Å²) in [5.41, 5.74) is 3.30. The maximum Gasteiger partial charge on any atom is 0.295 e. The Labute approximate surface area is 170 Å². The molecule has 4 rings (SSSR count). The molecule has 29 heavy (non-hydrogen) atoms. The number of rotatable bonds is 4. The molecule has 1 aliphatic rings. The molecule has 1 saturated heterocycles. The van der Waals surface area contributed by atoms with Crippen LogP contribution in [0.4, 0.5) is 0 Å². The molecule has 1 N–H and O–H groups in total. The van der Waals surface area contributed by atoms with Crippen LogP contribution in [0.3, 0.4) is 0 Å². The van der Waals surface area contributed by atoms with Crippen LogP contribution < -0.4 is 4.74 Å². The fraction of sp³-hybridized carbons (Fsp3) is 0.333. The van der Waals surface area contributed by atoms with Gasteiger partial charge in [0.25, 0.3) is 11.7 Å². The lowest BCUT2D eigenvalue weighted by Gasteiger charge is -2.24. The van der Waals surface area contributed by atoms with E-state index in [0.717, 1.165) is 41.6 Å². The van der Waals surface area contributed by atoms with Crippen LogP contribution in [0.5, 0.6) is 5.75 Å². The number of H-pyrrole nitrogens is 1. The molecule has 5 nitrogen and oxygen atoms in total. The van der Waals surface area contributed by atoms with E-state index in [0.29, 0.717) is 18.7 Å². The fourth-order valence-electron chi connectivity index (χ4n) is 4.29. The van der Waals surface area contributed by atoms with E-state index in [2.05, 4.69) is 17.1 Å². The van der Waals surface area contributed by atoms with Crippen molar-refractivity contribution in [1.82, 2.24) is 9.88 Å². The number of amides is 1. The Hall–Kier alpha value is -3.08. The van der Waals surface area contributed by atoms with Crippen LogP contribution in [0.2, 0.25) is 0 Å². The topological polar surface area (TPSA) is 62.4 Å². The first-order chi connectivity index (χ1) is 14.1. The van der Waals surface area contributed by atoms with E-state index in [-0.39, 0.29) is 5.92 Å². The average molecular weight is 390 g/mol. The van der Waals surface area contributed by atoms with Gasteiger partial charge in [-0.3, -0.25) is 9.59 Å². The number of fused-ring (bicyclic) bond motifs is 1. The number of para-hydroxylation sites is 1. The molecular weight excluding hydrogens is 364 g/mol. The minimum absolute atomic E-state index is 0.226. The number of aromatic nitrogens is 1. The van der Waals surface area contributed by atoms with Gasteiger partial charge >= 0.3 is 0 Å². The van der Waals surface area contributed by atoms with Crippen LogP contribution in [0, 0.1) is 6.92 Å². The molecule has 2 aromatic carbocycles. The molecular formula is C24H26N2O3. The first-order valence-electron chi connectivity index (χ1n) is 10.1. The van der Waals surface area contributed by atoms with E-state index in [9.17, 15) is 9.59 Å². The molecule has 0 bridgehead atoms. The number of ether oxygens (including phenoxy) is 1. The Kier molecular flexibility index (Phi) is 5.38. The average Bonchev–Trinajstić information content (AvgIpc) is 2.91. The zero-order valence-corrected chi connectivity index (χ0v) is 16.9.